The number of hydrogen-bond acceptors (Lipinski definition) is 8. The van der Waals surface area contributed by atoms with Crippen LogP contribution in [0, 0.1) is 18.7 Å². The summed E-state index contributed by atoms with van der Waals surface area (Å²) < 4.78 is 54.2. The van der Waals surface area contributed by atoms with Gasteiger partial charge in [0, 0.05) is 35.8 Å². The maximum absolute atomic E-state index is 14.6. The molecular weight excluding hydrogens is 653 g/mol. The first-order valence-corrected chi connectivity index (χ1v) is 18.7. The lowest BCUT2D eigenvalue weighted by atomic mass is 10.1. The summed E-state index contributed by atoms with van der Waals surface area (Å²) in [5, 5.41) is 3.44. The lowest BCUT2D eigenvalue weighted by molar-refractivity contribution is -0.407. The second-order valence-corrected chi connectivity index (χ2v) is 16.8. The number of halogens is 1. The molecule has 6 rings (SSSR count). The lowest BCUT2D eigenvalue weighted by Crippen LogP contribution is -2.69. The first kappa shape index (κ1) is 35.1. The van der Waals surface area contributed by atoms with E-state index in [4.69, 9.17) is 9.47 Å². The molecule has 1 saturated heterocycles. The zero-order valence-corrected chi connectivity index (χ0v) is 29.4. The molecule has 4 aliphatic rings. The maximum Gasteiger partial charge on any atom is 0.281 e. The lowest BCUT2D eigenvalue weighted by Gasteiger charge is -2.27. The highest BCUT2D eigenvalue weighted by molar-refractivity contribution is 7.91. The van der Waals surface area contributed by atoms with Gasteiger partial charge >= 0.3 is 0 Å². The van der Waals surface area contributed by atoms with Gasteiger partial charge in [0.25, 0.3) is 11.8 Å². The summed E-state index contributed by atoms with van der Waals surface area (Å²) in [5.41, 5.74) is 3.37. The minimum absolute atomic E-state index is 0.0720. The normalized spacial score (nSPS) is 29.2. The number of aryl methyl sites for hydroxylation is 1. The molecule has 2 aliphatic heterocycles. The van der Waals surface area contributed by atoms with Gasteiger partial charge in [-0.1, -0.05) is 18.6 Å². The van der Waals surface area contributed by atoms with Crippen molar-refractivity contribution in [2.45, 2.75) is 120 Å². The van der Waals surface area contributed by atoms with Crippen LogP contribution in [0.25, 0.3) is 10.9 Å². The van der Waals surface area contributed by atoms with Crippen molar-refractivity contribution < 1.29 is 42.4 Å². The number of allylic oxidation sites excluding steroid dienone is 1. The number of sulfonamides is 1. The first-order valence-electron chi connectivity index (χ1n) is 17.3. The van der Waals surface area contributed by atoms with E-state index in [1.54, 1.807) is 26.0 Å². The van der Waals surface area contributed by atoms with E-state index in [-0.39, 0.29) is 37.3 Å². The fourth-order valence-corrected chi connectivity index (χ4v) is 8.13. The standard InChI is InChI=1S/C35H46FN5O7S/c1-20(2)47-29-17-28(24-12-13-25(36)21(3)30(24)38-29)48-23-16-27-31(42)39-35(33(44)40-49(45,46)34(4)14-15-34)18-22(35)10-8-6-5-7-9-11-26(37)32(43)41(27)19-23/h8,10,12-13,17,20,22-23,26-27H,5-7,9,11,14-16,18-19,37H2,1-4H3,(H,39,42)(H,40,44)/p+1/b10-8-/t22?,23-,26+,27+,35-/m1/s1. The number of rotatable bonds is 7. The molecule has 1 unspecified atom stereocenters. The Morgan fingerprint density at radius 3 is 2.67 bits per heavy atom. The highest BCUT2D eigenvalue weighted by Gasteiger charge is 2.63. The fourth-order valence-electron chi connectivity index (χ4n) is 6.82. The van der Waals surface area contributed by atoms with Crippen LogP contribution in [0.3, 0.4) is 0 Å². The molecule has 1 aromatic heterocycles. The van der Waals surface area contributed by atoms with E-state index in [0.29, 0.717) is 41.5 Å². The van der Waals surface area contributed by atoms with Crippen molar-refractivity contribution in [3.63, 3.8) is 0 Å². The van der Waals surface area contributed by atoms with Gasteiger partial charge in [-0.3, -0.25) is 19.1 Å². The van der Waals surface area contributed by atoms with Crippen LogP contribution in [-0.4, -0.2) is 77.1 Å². The van der Waals surface area contributed by atoms with Crippen molar-refractivity contribution in [2.24, 2.45) is 5.92 Å². The number of ether oxygens (including phenoxy) is 2. The topological polar surface area (TPSA) is 172 Å². The summed E-state index contributed by atoms with van der Waals surface area (Å²) in [6.07, 6.45) is 8.14. The predicted octanol–water partition coefficient (Wildman–Crippen LogP) is 2.82. The number of aromatic nitrogens is 1. The Hall–Kier alpha value is -3.78. The number of amides is 3. The van der Waals surface area contributed by atoms with Crippen LogP contribution in [0.1, 0.15) is 84.1 Å². The van der Waals surface area contributed by atoms with E-state index in [1.165, 1.54) is 11.0 Å². The molecule has 0 spiro atoms. The zero-order chi connectivity index (χ0) is 35.3. The smallest absolute Gasteiger partial charge is 0.281 e. The van der Waals surface area contributed by atoms with Crippen molar-refractivity contribution in [3.05, 3.63) is 41.7 Å². The molecule has 12 nitrogen and oxygen atoms in total. The van der Waals surface area contributed by atoms with Crippen LogP contribution >= 0.6 is 0 Å². The zero-order valence-electron chi connectivity index (χ0n) is 28.6. The van der Waals surface area contributed by atoms with Crippen LogP contribution < -0.4 is 25.2 Å². The van der Waals surface area contributed by atoms with E-state index in [1.807, 2.05) is 26.0 Å². The summed E-state index contributed by atoms with van der Waals surface area (Å²) in [6, 6.07) is 2.95. The summed E-state index contributed by atoms with van der Waals surface area (Å²) in [5.74, 6) is -1.82. The van der Waals surface area contributed by atoms with E-state index in [2.05, 4.69) is 20.8 Å². The predicted molar refractivity (Wildman–Crippen MR) is 179 cm³/mol. The van der Waals surface area contributed by atoms with Gasteiger partial charge in [-0.15, -0.1) is 0 Å². The van der Waals surface area contributed by atoms with Crippen LogP contribution in [-0.2, 0) is 24.4 Å². The monoisotopic (exact) mass is 700 g/mol. The minimum Gasteiger partial charge on any atom is -0.488 e. The van der Waals surface area contributed by atoms with Crippen LogP contribution in [0.4, 0.5) is 4.39 Å². The van der Waals surface area contributed by atoms with Crippen LogP contribution in [0.2, 0.25) is 0 Å². The van der Waals surface area contributed by atoms with Crippen molar-refractivity contribution in [1.29, 1.82) is 0 Å². The molecule has 1 aromatic carbocycles. The van der Waals surface area contributed by atoms with Gasteiger partial charge in [0.1, 0.15) is 29.3 Å². The molecule has 3 heterocycles. The van der Waals surface area contributed by atoms with Crippen molar-refractivity contribution in [2.75, 3.05) is 6.54 Å². The van der Waals surface area contributed by atoms with Gasteiger partial charge < -0.3 is 25.4 Å². The van der Waals surface area contributed by atoms with Crippen molar-refractivity contribution in [3.8, 4) is 11.6 Å². The Morgan fingerprint density at radius 2 is 1.96 bits per heavy atom. The molecule has 14 heteroatoms. The molecule has 3 fully saturated rings. The maximum atomic E-state index is 14.6. The minimum atomic E-state index is -3.95. The SMILES string of the molecule is Cc1c(F)ccc2c(O[C@@H]3C[C@H]4C(=O)N[C@]5(C(=O)NS(=O)(=O)C6(C)CC6)CC5/C=C\CCCCC[C@H]([NH3+])C(=O)N4C3)cc(OC(C)C)nc12. The van der Waals surface area contributed by atoms with E-state index < -0.39 is 62.0 Å². The Kier molecular flexibility index (Phi) is 9.42. The molecule has 5 atom stereocenters. The number of carbonyl (C=O) groups excluding carboxylic acids is 3. The van der Waals surface area contributed by atoms with Gasteiger partial charge in [0.05, 0.1) is 22.9 Å². The Balaban J connectivity index is 1.31. The average Bonchev–Trinajstić information content (AvgIpc) is 3.91. The summed E-state index contributed by atoms with van der Waals surface area (Å²) in [4.78, 5) is 47.7. The molecule has 2 aromatic rings. The highest BCUT2D eigenvalue weighted by Crippen LogP contribution is 2.47. The quantitative estimate of drug-likeness (QED) is 0.370. The van der Waals surface area contributed by atoms with E-state index in [0.717, 1.165) is 25.7 Å². The highest BCUT2D eigenvalue weighted by atomic mass is 32.2. The Bertz CT molecular complexity index is 1800. The average molecular weight is 701 g/mol. The molecule has 0 radical (unpaired) electrons. The molecule has 266 valence electrons. The van der Waals surface area contributed by atoms with Crippen molar-refractivity contribution >= 4 is 38.6 Å². The van der Waals surface area contributed by atoms with Gasteiger partial charge in [0.2, 0.25) is 21.8 Å². The number of fused-ring (bicyclic) bond motifs is 3. The third-order valence-electron chi connectivity index (χ3n) is 10.3. The summed E-state index contributed by atoms with van der Waals surface area (Å²) >= 11 is 0. The number of nitrogens with zero attached hydrogens (tertiary/aromatic N) is 2. The van der Waals surface area contributed by atoms with Gasteiger partial charge in [0.15, 0.2) is 6.04 Å². The van der Waals surface area contributed by atoms with Gasteiger partial charge in [-0.25, -0.2) is 17.8 Å². The molecule has 5 N–H and O–H groups in total. The molecule has 3 amide bonds. The summed E-state index contributed by atoms with van der Waals surface area (Å²) in [7, 11) is -3.95. The molecular formula is C35H47FN5O7S+. The third-order valence-corrected chi connectivity index (χ3v) is 12.5. The number of nitrogens with one attached hydrogen (secondary N) is 2. The van der Waals surface area contributed by atoms with Crippen molar-refractivity contribution in [1.82, 2.24) is 19.9 Å². The van der Waals surface area contributed by atoms with E-state index in [9.17, 15) is 27.2 Å². The third kappa shape index (κ3) is 6.99. The fraction of sp³-hybridized carbons (Fsp3) is 0.600. The van der Waals surface area contributed by atoms with Gasteiger partial charge in [-0.05, 0) is 78.4 Å². The molecule has 2 saturated carbocycles. The second-order valence-electron chi connectivity index (χ2n) is 14.6. The molecule has 2 aliphatic carbocycles. The van der Waals surface area contributed by atoms with Gasteiger partial charge in [-0.2, -0.15) is 0 Å². The first-order chi connectivity index (χ1) is 23.1. The summed E-state index contributed by atoms with van der Waals surface area (Å²) in [6.45, 7) is 6.99. The number of benzene rings is 1. The number of pyridine rings is 1. The van der Waals surface area contributed by atoms with Crippen LogP contribution in [0.5, 0.6) is 11.6 Å². The Morgan fingerprint density at radius 1 is 1.20 bits per heavy atom. The number of quaternary nitrogens is 1. The van der Waals surface area contributed by atoms with E-state index >= 15 is 0 Å². The Labute approximate surface area is 286 Å². The number of hydrogen-bond donors (Lipinski definition) is 3. The number of carbonyl (C=O) groups is 3. The second kappa shape index (κ2) is 13.2. The largest absolute Gasteiger partial charge is 0.488 e. The van der Waals surface area contributed by atoms with Crippen LogP contribution in [0.15, 0.2) is 30.4 Å². The molecule has 0 bridgehead atoms. The molecule has 49 heavy (non-hydrogen) atoms.